The molecular formula is C14H20ClNO. The van der Waals surface area contributed by atoms with Gasteiger partial charge in [-0.25, -0.2) is 0 Å². The first kappa shape index (κ1) is 12.9. The zero-order valence-electron chi connectivity index (χ0n) is 10.3. The summed E-state index contributed by atoms with van der Waals surface area (Å²) in [5.41, 5.74) is 1.75. The van der Waals surface area contributed by atoms with Crippen molar-refractivity contribution in [3.63, 3.8) is 0 Å². The van der Waals surface area contributed by atoms with Crippen LogP contribution in [0.4, 0.5) is 0 Å². The molecule has 0 unspecified atom stereocenters. The first-order chi connectivity index (χ1) is 8.27. The lowest BCUT2D eigenvalue weighted by molar-refractivity contribution is 0.185. The minimum absolute atomic E-state index is 0.332. The summed E-state index contributed by atoms with van der Waals surface area (Å²) in [7, 11) is 1.74. The number of hydrogen-bond donors (Lipinski definition) is 1. The molecule has 0 bridgehead atoms. The topological polar surface area (TPSA) is 21.3 Å². The molecular weight excluding hydrogens is 234 g/mol. The number of nitrogens with one attached hydrogen (secondary N) is 1. The molecule has 0 atom stereocenters. The molecule has 0 aromatic heterocycles. The molecule has 1 aromatic rings. The van der Waals surface area contributed by atoms with Crippen LogP contribution in [0.5, 0.6) is 0 Å². The van der Waals surface area contributed by atoms with Crippen LogP contribution >= 0.6 is 11.6 Å². The van der Waals surface area contributed by atoms with Crippen molar-refractivity contribution in [3.8, 4) is 0 Å². The van der Waals surface area contributed by atoms with Gasteiger partial charge in [-0.1, -0.05) is 30.2 Å². The zero-order chi connectivity index (χ0) is 12.1. The molecule has 2 nitrogen and oxygen atoms in total. The fourth-order valence-corrected chi connectivity index (χ4v) is 2.60. The second-order valence-electron chi connectivity index (χ2n) is 4.81. The number of rotatable bonds is 6. The van der Waals surface area contributed by atoms with Gasteiger partial charge in [-0.15, -0.1) is 0 Å². The molecule has 0 spiro atoms. The summed E-state index contributed by atoms with van der Waals surface area (Å²) >= 11 is 5.94. The Kier molecular flexibility index (Phi) is 4.43. The van der Waals surface area contributed by atoms with E-state index in [9.17, 15) is 0 Å². The Morgan fingerprint density at radius 3 is 2.53 bits per heavy atom. The van der Waals surface area contributed by atoms with E-state index >= 15 is 0 Å². The van der Waals surface area contributed by atoms with Crippen molar-refractivity contribution >= 4 is 11.6 Å². The molecule has 0 heterocycles. The van der Waals surface area contributed by atoms with Gasteiger partial charge in [0.15, 0.2) is 0 Å². The zero-order valence-corrected chi connectivity index (χ0v) is 11.1. The summed E-state index contributed by atoms with van der Waals surface area (Å²) in [6.45, 7) is 2.74. The van der Waals surface area contributed by atoms with Crippen LogP contribution in [0.1, 0.15) is 24.8 Å². The molecule has 94 valence electrons. The predicted molar refractivity (Wildman–Crippen MR) is 71.7 cm³/mol. The highest BCUT2D eigenvalue weighted by atomic mass is 35.5. The summed E-state index contributed by atoms with van der Waals surface area (Å²) < 4.78 is 5.05. The van der Waals surface area contributed by atoms with E-state index in [4.69, 9.17) is 16.3 Å². The summed E-state index contributed by atoms with van der Waals surface area (Å²) in [6, 6.07) is 8.32. The maximum Gasteiger partial charge on any atom is 0.0587 e. The molecule has 0 saturated heterocycles. The number of methoxy groups -OCH3 is 1. The Bertz CT molecular complexity index is 346. The summed E-state index contributed by atoms with van der Waals surface area (Å²) in [4.78, 5) is 0. The Hall–Kier alpha value is -0.570. The number of hydrogen-bond acceptors (Lipinski definition) is 2. The largest absolute Gasteiger partial charge is 0.383 e. The standard InChI is InChI=1S/C14H20ClNO/c1-17-10-9-16-11-14(7-2-8-14)12-3-5-13(15)6-4-12/h3-6,16H,2,7-11H2,1H3. The predicted octanol–water partition coefficient (Wildman–Crippen LogP) is 3.00. The van der Waals surface area contributed by atoms with Crippen molar-refractivity contribution < 1.29 is 4.74 Å². The minimum atomic E-state index is 0.332. The first-order valence-electron chi connectivity index (χ1n) is 6.23. The van der Waals surface area contributed by atoms with Gasteiger partial charge in [-0.05, 0) is 30.5 Å². The average molecular weight is 254 g/mol. The maximum absolute atomic E-state index is 5.94. The van der Waals surface area contributed by atoms with Crippen LogP contribution in [-0.4, -0.2) is 26.8 Å². The van der Waals surface area contributed by atoms with Gasteiger partial charge < -0.3 is 10.1 Å². The fraction of sp³-hybridized carbons (Fsp3) is 0.571. The van der Waals surface area contributed by atoms with Crippen molar-refractivity contribution in [2.24, 2.45) is 0 Å². The second-order valence-corrected chi connectivity index (χ2v) is 5.25. The fourth-order valence-electron chi connectivity index (χ4n) is 2.48. The summed E-state index contributed by atoms with van der Waals surface area (Å²) in [5.74, 6) is 0. The second kappa shape index (κ2) is 5.85. The Morgan fingerprint density at radius 1 is 1.29 bits per heavy atom. The van der Waals surface area contributed by atoms with Crippen molar-refractivity contribution in [1.82, 2.24) is 5.32 Å². The van der Waals surface area contributed by atoms with E-state index in [0.29, 0.717) is 5.41 Å². The minimum Gasteiger partial charge on any atom is -0.383 e. The molecule has 1 aliphatic carbocycles. The van der Waals surface area contributed by atoms with Gasteiger partial charge in [-0.3, -0.25) is 0 Å². The van der Waals surface area contributed by atoms with Gasteiger partial charge in [0.1, 0.15) is 0 Å². The van der Waals surface area contributed by atoms with Gasteiger partial charge in [0.2, 0.25) is 0 Å². The quantitative estimate of drug-likeness (QED) is 0.787. The third-order valence-electron chi connectivity index (χ3n) is 3.71. The highest BCUT2D eigenvalue weighted by Gasteiger charge is 2.37. The Morgan fingerprint density at radius 2 is 2.00 bits per heavy atom. The molecule has 3 heteroatoms. The number of halogens is 1. The lowest BCUT2D eigenvalue weighted by atomic mass is 9.64. The van der Waals surface area contributed by atoms with Crippen LogP contribution in [0.25, 0.3) is 0 Å². The third-order valence-corrected chi connectivity index (χ3v) is 3.97. The number of ether oxygens (including phenoxy) is 1. The Balaban J connectivity index is 1.96. The molecule has 1 aliphatic rings. The first-order valence-corrected chi connectivity index (χ1v) is 6.60. The van der Waals surface area contributed by atoms with E-state index in [-0.39, 0.29) is 0 Å². The van der Waals surface area contributed by atoms with Gasteiger partial charge in [-0.2, -0.15) is 0 Å². The molecule has 1 N–H and O–H groups in total. The van der Waals surface area contributed by atoms with Crippen molar-refractivity contribution in [1.29, 1.82) is 0 Å². The van der Waals surface area contributed by atoms with Crippen LogP contribution in [-0.2, 0) is 10.2 Å². The van der Waals surface area contributed by atoms with E-state index in [1.165, 1.54) is 24.8 Å². The van der Waals surface area contributed by atoms with Crippen LogP contribution in [0.15, 0.2) is 24.3 Å². The lowest BCUT2D eigenvalue weighted by Crippen LogP contribution is -2.44. The van der Waals surface area contributed by atoms with Gasteiger partial charge in [0.25, 0.3) is 0 Å². The van der Waals surface area contributed by atoms with Crippen molar-refractivity contribution in [2.75, 3.05) is 26.8 Å². The van der Waals surface area contributed by atoms with E-state index in [2.05, 4.69) is 17.4 Å². The van der Waals surface area contributed by atoms with Crippen LogP contribution < -0.4 is 5.32 Å². The molecule has 2 rings (SSSR count). The molecule has 0 amide bonds. The van der Waals surface area contributed by atoms with Crippen LogP contribution in [0.2, 0.25) is 5.02 Å². The Labute approximate surface area is 108 Å². The SMILES string of the molecule is COCCNCC1(c2ccc(Cl)cc2)CCC1. The molecule has 17 heavy (non-hydrogen) atoms. The highest BCUT2D eigenvalue weighted by molar-refractivity contribution is 6.30. The van der Waals surface area contributed by atoms with Crippen molar-refractivity contribution in [2.45, 2.75) is 24.7 Å². The van der Waals surface area contributed by atoms with E-state index in [0.717, 1.165) is 24.7 Å². The smallest absolute Gasteiger partial charge is 0.0587 e. The maximum atomic E-state index is 5.94. The highest BCUT2D eigenvalue weighted by Crippen LogP contribution is 2.43. The van der Waals surface area contributed by atoms with Gasteiger partial charge in [0, 0.05) is 30.6 Å². The molecule has 0 aliphatic heterocycles. The third kappa shape index (κ3) is 3.01. The number of benzene rings is 1. The van der Waals surface area contributed by atoms with E-state index in [1.54, 1.807) is 7.11 Å². The average Bonchev–Trinajstić information content (AvgIpc) is 2.29. The van der Waals surface area contributed by atoms with Crippen LogP contribution in [0.3, 0.4) is 0 Å². The molecule has 1 fully saturated rings. The normalized spacial score (nSPS) is 17.8. The molecule has 1 saturated carbocycles. The van der Waals surface area contributed by atoms with E-state index < -0.39 is 0 Å². The molecule has 0 radical (unpaired) electrons. The lowest BCUT2D eigenvalue weighted by Gasteiger charge is -2.43. The van der Waals surface area contributed by atoms with Crippen LogP contribution in [0, 0.1) is 0 Å². The molecule has 1 aromatic carbocycles. The van der Waals surface area contributed by atoms with Gasteiger partial charge in [0.05, 0.1) is 6.61 Å². The monoisotopic (exact) mass is 253 g/mol. The summed E-state index contributed by atoms with van der Waals surface area (Å²) in [6.07, 6.45) is 3.87. The summed E-state index contributed by atoms with van der Waals surface area (Å²) in [5, 5.41) is 4.30. The van der Waals surface area contributed by atoms with E-state index in [1.807, 2.05) is 12.1 Å². The van der Waals surface area contributed by atoms with Gasteiger partial charge >= 0.3 is 0 Å². The van der Waals surface area contributed by atoms with Crippen molar-refractivity contribution in [3.05, 3.63) is 34.9 Å².